The minimum Gasteiger partial charge on any atom is -0.337 e. The van der Waals surface area contributed by atoms with Gasteiger partial charge < -0.3 is 15.1 Å². The van der Waals surface area contributed by atoms with E-state index in [4.69, 9.17) is 0 Å². The summed E-state index contributed by atoms with van der Waals surface area (Å²) in [4.78, 5) is 26.9. The van der Waals surface area contributed by atoms with Gasteiger partial charge in [-0.2, -0.15) is 0 Å². The Bertz CT molecular complexity index is 792. The van der Waals surface area contributed by atoms with E-state index in [0.29, 0.717) is 6.42 Å². The third-order valence-electron chi connectivity index (χ3n) is 4.94. The standard InChI is InChI=1S/C18H27N3O4S/c1-13-6-5-7-16(14(13)2)19-17(22)10-20(3)11-18(23)21(4)15-8-9-26(24,25)12-15/h5-7,15H,8-12H2,1-4H3,(H,19,22)/p+1/t15-/m0/s1. The van der Waals surface area contributed by atoms with Crippen molar-refractivity contribution in [1.82, 2.24) is 4.90 Å². The first-order valence-electron chi connectivity index (χ1n) is 8.72. The first-order chi connectivity index (χ1) is 12.1. The van der Waals surface area contributed by atoms with Crippen molar-refractivity contribution in [3.8, 4) is 0 Å². The molecule has 1 fully saturated rings. The maximum Gasteiger partial charge on any atom is 0.279 e. The molecule has 1 aromatic carbocycles. The number of aryl methyl sites for hydroxylation is 1. The largest absolute Gasteiger partial charge is 0.337 e. The van der Waals surface area contributed by atoms with E-state index in [1.54, 1.807) is 14.1 Å². The molecule has 2 atom stereocenters. The van der Waals surface area contributed by atoms with Gasteiger partial charge in [-0.25, -0.2) is 8.42 Å². The number of amides is 2. The summed E-state index contributed by atoms with van der Waals surface area (Å²) < 4.78 is 23.1. The van der Waals surface area contributed by atoms with Gasteiger partial charge in [0.15, 0.2) is 22.9 Å². The van der Waals surface area contributed by atoms with E-state index < -0.39 is 9.84 Å². The molecule has 8 heteroatoms. The Hall–Kier alpha value is -1.93. The fourth-order valence-electron chi connectivity index (χ4n) is 3.08. The molecule has 1 heterocycles. The van der Waals surface area contributed by atoms with Crippen molar-refractivity contribution in [1.29, 1.82) is 0 Å². The highest BCUT2D eigenvalue weighted by Crippen LogP contribution is 2.18. The Labute approximate surface area is 155 Å². The van der Waals surface area contributed by atoms with Gasteiger partial charge in [-0.1, -0.05) is 12.1 Å². The predicted octanol–water partition coefficient (Wildman–Crippen LogP) is -0.598. The van der Waals surface area contributed by atoms with Crippen molar-refractivity contribution < 1.29 is 22.9 Å². The molecule has 2 amide bonds. The van der Waals surface area contributed by atoms with Crippen molar-refractivity contribution in [3.05, 3.63) is 29.3 Å². The van der Waals surface area contributed by atoms with Crippen LogP contribution in [0.4, 0.5) is 5.69 Å². The second-order valence-corrected chi connectivity index (χ2v) is 9.40. The molecule has 2 N–H and O–H groups in total. The van der Waals surface area contributed by atoms with Gasteiger partial charge in [-0.3, -0.25) is 9.59 Å². The number of hydrogen-bond acceptors (Lipinski definition) is 4. The van der Waals surface area contributed by atoms with Gasteiger partial charge in [0, 0.05) is 18.8 Å². The summed E-state index contributed by atoms with van der Waals surface area (Å²) in [6.45, 7) is 4.25. The normalized spacial score (nSPS) is 19.8. The Morgan fingerprint density at radius 1 is 1.27 bits per heavy atom. The first kappa shape index (κ1) is 20.4. The van der Waals surface area contributed by atoms with Crippen molar-refractivity contribution >= 4 is 27.3 Å². The molecular weight excluding hydrogens is 354 g/mol. The minimum absolute atomic E-state index is 0.0292. The topological polar surface area (TPSA) is 88.0 Å². The quantitative estimate of drug-likeness (QED) is 0.688. The van der Waals surface area contributed by atoms with Crippen LogP contribution in [0.15, 0.2) is 18.2 Å². The number of anilines is 1. The Morgan fingerprint density at radius 3 is 2.58 bits per heavy atom. The van der Waals surface area contributed by atoms with E-state index in [-0.39, 0.29) is 42.5 Å². The van der Waals surface area contributed by atoms with E-state index in [9.17, 15) is 18.0 Å². The Morgan fingerprint density at radius 2 is 1.96 bits per heavy atom. The SMILES string of the molecule is Cc1cccc(NC(=O)C[NH+](C)CC(=O)N(C)[C@H]2CCS(=O)(=O)C2)c1C. The van der Waals surface area contributed by atoms with Crippen molar-refractivity contribution in [2.24, 2.45) is 0 Å². The highest BCUT2D eigenvalue weighted by molar-refractivity contribution is 7.91. The Kier molecular flexibility index (Phi) is 6.41. The second-order valence-electron chi connectivity index (χ2n) is 7.17. The van der Waals surface area contributed by atoms with Crippen LogP contribution in [0.5, 0.6) is 0 Å². The number of likely N-dealkylation sites (N-methyl/N-ethyl adjacent to an activating group) is 2. The van der Waals surface area contributed by atoms with Gasteiger partial charge in [0.25, 0.3) is 11.8 Å². The lowest BCUT2D eigenvalue weighted by atomic mass is 10.1. The van der Waals surface area contributed by atoms with Gasteiger partial charge in [0.05, 0.1) is 18.6 Å². The molecular formula is C18H28N3O4S+. The average Bonchev–Trinajstić information content (AvgIpc) is 2.90. The molecule has 0 aromatic heterocycles. The van der Waals surface area contributed by atoms with Gasteiger partial charge in [0.1, 0.15) is 0 Å². The lowest BCUT2D eigenvalue weighted by Crippen LogP contribution is -3.11. The fourth-order valence-corrected chi connectivity index (χ4v) is 4.86. The fraction of sp³-hybridized carbons (Fsp3) is 0.556. The van der Waals surface area contributed by atoms with Gasteiger partial charge in [-0.05, 0) is 37.5 Å². The number of carbonyl (C=O) groups excluding carboxylic acids is 2. The highest BCUT2D eigenvalue weighted by Gasteiger charge is 2.33. The second kappa shape index (κ2) is 8.18. The van der Waals surface area contributed by atoms with Gasteiger partial charge in [-0.15, -0.1) is 0 Å². The van der Waals surface area contributed by atoms with Crippen LogP contribution in [0.3, 0.4) is 0 Å². The zero-order valence-corrected chi connectivity index (χ0v) is 16.6. The van der Waals surface area contributed by atoms with Crippen molar-refractivity contribution in [2.45, 2.75) is 26.3 Å². The molecule has 1 aromatic rings. The average molecular weight is 383 g/mol. The smallest absolute Gasteiger partial charge is 0.279 e. The van der Waals surface area contributed by atoms with Crippen LogP contribution in [0, 0.1) is 13.8 Å². The maximum absolute atomic E-state index is 12.4. The summed E-state index contributed by atoms with van der Waals surface area (Å²) in [6, 6.07) is 5.47. The zero-order chi connectivity index (χ0) is 19.5. The first-order valence-corrected chi connectivity index (χ1v) is 10.5. The molecule has 0 spiro atoms. The number of nitrogens with zero attached hydrogens (tertiary/aromatic N) is 1. The number of carbonyl (C=O) groups is 2. The van der Waals surface area contributed by atoms with E-state index in [0.717, 1.165) is 21.7 Å². The molecule has 0 radical (unpaired) electrons. The molecule has 2 rings (SSSR count). The Balaban J connectivity index is 1.85. The lowest BCUT2D eigenvalue weighted by Gasteiger charge is -2.24. The minimum atomic E-state index is -3.03. The van der Waals surface area contributed by atoms with E-state index >= 15 is 0 Å². The third-order valence-corrected chi connectivity index (χ3v) is 6.69. The molecule has 0 aliphatic carbocycles. The van der Waals surface area contributed by atoms with Crippen LogP contribution in [-0.2, 0) is 19.4 Å². The summed E-state index contributed by atoms with van der Waals surface area (Å²) in [5, 5.41) is 2.89. The van der Waals surface area contributed by atoms with Crippen LogP contribution < -0.4 is 10.2 Å². The van der Waals surface area contributed by atoms with Crippen molar-refractivity contribution in [3.63, 3.8) is 0 Å². The molecule has 144 valence electrons. The van der Waals surface area contributed by atoms with Crippen LogP contribution >= 0.6 is 0 Å². The number of rotatable bonds is 6. The van der Waals surface area contributed by atoms with E-state index in [1.165, 1.54) is 4.90 Å². The monoisotopic (exact) mass is 382 g/mol. The molecule has 1 aliphatic rings. The summed E-state index contributed by atoms with van der Waals surface area (Å²) in [6.07, 6.45) is 0.483. The molecule has 1 saturated heterocycles. The summed E-state index contributed by atoms with van der Waals surface area (Å²) >= 11 is 0. The van der Waals surface area contributed by atoms with Crippen molar-refractivity contribution in [2.75, 3.05) is 44.0 Å². The highest BCUT2D eigenvalue weighted by atomic mass is 32.2. The van der Waals surface area contributed by atoms with Crippen LogP contribution in [0.2, 0.25) is 0 Å². The van der Waals surface area contributed by atoms with Gasteiger partial charge in [0.2, 0.25) is 0 Å². The summed E-state index contributed by atoms with van der Waals surface area (Å²) in [5.41, 5.74) is 2.91. The maximum atomic E-state index is 12.4. The molecule has 1 aliphatic heterocycles. The number of quaternary nitrogens is 1. The van der Waals surface area contributed by atoms with Crippen LogP contribution in [0.1, 0.15) is 17.5 Å². The third kappa shape index (κ3) is 5.28. The molecule has 0 bridgehead atoms. The lowest BCUT2D eigenvalue weighted by molar-refractivity contribution is -0.862. The van der Waals surface area contributed by atoms with E-state index in [2.05, 4.69) is 5.32 Å². The zero-order valence-electron chi connectivity index (χ0n) is 15.8. The number of benzene rings is 1. The summed E-state index contributed by atoms with van der Waals surface area (Å²) in [7, 11) is 0.385. The summed E-state index contributed by atoms with van der Waals surface area (Å²) in [5.74, 6) is -0.142. The van der Waals surface area contributed by atoms with Gasteiger partial charge >= 0.3 is 0 Å². The van der Waals surface area contributed by atoms with Crippen LogP contribution in [0.25, 0.3) is 0 Å². The molecule has 7 nitrogen and oxygen atoms in total. The van der Waals surface area contributed by atoms with Crippen LogP contribution in [-0.4, -0.2) is 69.9 Å². The number of nitrogens with one attached hydrogen (secondary N) is 2. The molecule has 0 saturated carbocycles. The number of sulfone groups is 1. The molecule has 1 unspecified atom stereocenters. The predicted molar refractivity (Wildman–Crippen MR) is 101 cm³/mol. The number of hydrogen-bond donors (Lipinski definition) is 2. The molecule has 26 heavy (non-hydrogen) atoms. The van der Waals surface area contributed by atoms with E-state index in [1.807, 2.05) is 32.0 Å².